The van der Waals surface area contributed by atoms with Crippen molar-refractivity contribution in [1.82, 2.24) is 19.8 Å². The molecule has 4 rings (SSSR count). The first-order chi connectivity index (χ1) is 23.5. The van der Waals surface area contributed by atoms with Crippen molar-refractivity contribution in [3.63, 3.8) is 0 Å². The Kier molecular flexibility index (Phi) is 14.4. The third kappa shape index (κ3) is 11.2. The molecule has 1 fully saturated rings. The number of nitrogen functional groups attached to an aromatic ring is 1. The molecule has 0 saturated carbocycles. The number of fused-ring (bicyclic) bond motifs is 1. The molecule has 0 aliphatic carbocycles. The summed E-state index contributed by atoms with van der Waals surface area (Å²) in [7, 11) is -7.30. The van der Waals surface area contributed by atoms with E-state index in [9.17, 15) is 27.5 Å². The van der Waals surface area contributed by atoms with Crippen molar-refractivity contribution < 1.29 is 36.7 Å². The molecule has 268 valence electrons. The van der Waals surface area contributed by atoms with Gasteiger partial charge in [0.05, 0.1) is 24.7 Å². The fraction of sp³-hybridized carbons (Fsp3) is 0.471. The van der Waals surface area contributed by atoms with Gasteiger partial charge in [0, 0.05) is 44.3 Å². The Morgan fingerprint density at radius 3 is 2.43 bits per heavy atom. The number of sulfonamides is 1. The highest BCUT2D eigenvalue weighted by Gasteiger charge is 2.32. The number of nitrogens with zero attached hydrogens (tertiary/aromatic N) is 2. The minimum absolute atomic E-state index is 0.0390. The molecule has 0 bridgehead atoms. The number of morpholine rings is 1. The van der Waals surface area contributed by atoms with E-state index in [1.54, 1.807) is 4.90 Å². The Labute approximate surface area is 289 Å². The normalized spacial score (nSPS) is 15.7. The quantitative estimate of drug-likeness (QED) is 0.0919. The van der Waals surface area contributed by atoms with Gasteiger partial charge in [-0.05, 0) is 59.4 Å². The minimum atomic E-state index is -3.99. The van der Waals surface area contributed by atoms with E-state index in [-0.39, 0.29) is 48.9 Å². The number of urea groups is 1. The van der Waals surface area contributed by atoms with Crippen LogP contribution in [0, 0.1) is 5.92 Å². The molecular formula is C34H48N5O8PS. The Balaban J connectivity index is 1.43. The number of carbonyl (C=O) groups excluding carboxylic acids is 2. The molecule has 13 nitrogen and oxygen atoms in total. The van der Waals surface area contributed by atoms with E-state index in [0.29, 0.717) is 51.3 Å². The van der Waals surface area contributed by atoms with E-state index in [1.165, 1.54) is 28.6 Å². The van der Waals surface area contributed by atoms with Gasteiger partial charge in [0.2, 0.25) is 15.9 Å². The lowest BCUT2D eigenvalue weighted by Gasteiger charge is -2.32. The summed E-state index contributed by atoms with van der Waals surface area (Å²) in [5, 5.41) is 7.91. The lowest BCUT2D eigenvalue weighted by molar-refractivity contribution is -0.123. The molecule has 3 atom stereocenters. The topological polar surface area (TPSA) is 181 Å². The number of rotatable bonds is 17. The molecule has 49 heavy (non-hydrogen) atoms. The number of ether oxygens (including phenoxy) is 1. The van der Waals surface area contributed by atoms with Crippen LogP contribution in [0.4, 0.5) is 10.5 Å². The van der Waals surface area contributed by atoms with Crippen LogP contribution in [0.5, 0.6) is 0 Å². The third-order valence-corrected chi connectivity index (χ3v) is 10.7. The molecule has 0 radical (unpaired) electrons. The molecule has 3 aromatic carbocycles. The predicted octanol–water partition coefficient (Wildman–Crippen LogP) is 3.78. The van der Waals surface area contributed by atoms with Gasteiger partial charge in [-0.1, -0.05) is 62.7 Å². The van der Waals surface area contributed by atoms with Crippen molar-refractivity contribution in [2.45, 2.75) is 56.5 Å². The van der Waals surface area contributed by atoms with Gasteiger partial charge in [-0.2, -0.15) is 4.31 Å². The summed E-state index contributed by atoms with van der Waals surface area (Å²) >= 11 is 0. The lowest BCUT2D eigenvalue weighted by atomic mass is 9.98. The SMILES string of the molecule is CC(C)CN([C@@H](CCCCNC(=O)C(Cc1cccc2ccccc12)NC(=O)N1CCOCC1)CO[PH](=O)O)S(=O)(=O)c1ccc(N)cc1. The molecule has 1 aliphatic heterocycles. The summed E-state index contributed by atoms with van der Waals surface area (Å²) in [6.07, 6.45) is 1.59. The summed E-state index contributed by atoms with van der Waals surface area (Å²) < 4.78 is 50.8. The molecule has 0 spiro atoms. The van der Waals surface area contributed by atoms with Gasteiger partial charge in [-0.25, -0.2) is 13.2 Å². The standard InChI is InChI=1S/C34H48N5O8PS/c1-25(2)23-39(49(44,45)30-15-13-28(35)14-16-30)29(24-47-48(42)43)11-5-6-17-36-33(40)32(37-34(41)38-18-20-46-21-19-38)22-27-10-7-9-26-8-3-4-12-31(26)27/h3-4,7-10,12-16,25,29,32,48H,5-6,11,17-24,35H2,1-2H3,(H,36,40)(H,37,41)(H,42,43)/t29-,32?/m0/s1. The van der Waals surface area contributed by atoms with E-state index >= 15 is 0 Å². The van der Waals surface area contributed by atoms with Gasteiger partial charge < -0.3 is 35.4 Å². The van der Waals surface area contributed by atoms with Gasteiger partial charge in [0.15, 0.2) is 0 Å². The number of unbranched alkanes of at least 4 members (excludes halogenated alkanes) is 1. The number of hydrogen-bond acceptors (Lipinski definition) is 8. The average Bonchev–Trinajstić information content (AvgIpc) is 3.08. The molecule has 3 amide bonds. The number of nitrogens with two attached hydrogens (primary N) is 1. The van der Waals surface area contributed by atoms with Crippen LogP contribution in [-0.2, 0) is 35.1 Å². The highest BCUT2D eigenvalue weighted by atomic mass is 32.2. The largest absolute Gasteiger partial charge is 0.399 e. The first-order valence-electron chi connectivity index (χ1n) is 16.6. The molecule has 2 unspecified atom stereocenters. The number of amides is 3. The van der Waals surface area contributed by atoms with Crippen LogP contribution in [0.15, 0.2) is 71.6 Å². The Morgan fingerprint density at radius 2 is 1.73 bits per heavy atom. The van der Waals surface area contributed by atoms with Crippen LogP contribution in [0.2, 0.25) is 0 Å². The fourth-order valence-electron chi connectivity index (χ4n) is 5.80. The minimum Gasteiger partial charge on any atom is -0.399 e. The zero-order valence-corrected chi connectivity index (χ0v) is 29.9. The second-order valence-electron chi connectivity index (χ2n) is 12.5. The number of carbonyl (C=O) groups is 2. The van der Waals surface area contributed by atoms with Crippen molar-refractivity contribution in [1.29, 1.82) is 0 Å². The lowest BCUT2D eigenvalue weighted by Crippen LogP contribution is -2.54. The van der Waals surface area contributed by atoms with Crippen LogP contribution < -0.4 is 16.4 Å². The van der Waals surface area contributed by atoms with Gasteiger partial charge in [-0.3, -0.25) is 9.36 Å². The Bertz CT molecular complexity index is 1660. The van der Waals surface area contributed by atoms with Gasteiger partial charge >= 0.3 is 14.3 Å². The van der Waals surface area contributed by atoms with Crippen LogP contribution in [-0.4, -0.2) is 92.5 Å². The van der Waals surface area contributed by atoms with E-state index in [0.717, 1.165) is 16.3 Å². The van der Waals surface area contributed by atoms with Crippen LogP contribution in [0.1, 0.15) is 38.7 Å². The van der Waals surface area contributed by atoms with Gasteiger partial charge in [-0.15, -0.1) is 0 Å². The second-order valence-corrected chi connectivity index (χ2v) is 15.2. The highest BCUT2D eigenvalue weighted by Crippen LogP contribution is 2.26. The highest BCUT2D eigenvalue weighted by molar-refractivity contribution is 7.89. The molecule has 1 saturated heterocycles. The number of hydrogen-bond donors (Lipinski definition) is 4. The smallest absolute Gasteiger partial charge is 0.318 e. The van der Waals surface area contributed by atoms with E-state index < -0.39 is 30.4 Å². The Hall–Kier alpha value is -3.52. The monoisotopic (exact) mass is 717 g/mol. The first-order valence-corrected chi connectivity index (χ1v) is 19.3. The number of anilines is 1. The molecule has 1 aliphatic rings. The second kappa shape index (κ2) is 18.5. The van der Waals surface area contributed by atoms with Crippen LogP contribution >= 0.6 is 8.25 Å². The maximum Gasteiger partial charge on any atom is 0.318 e. The first kappa shape index (κ1) is 38.3. The van der Waals surface area contributed by atoms with E-state index in [1.807, 2.05) is 56.3 Å². The maximum atomic E-state index is 13.7. The summed E-state index contributed by atoms with van der Waals surface area (Å²) in [6.45, 7) is 5.71. The Morgan fingerprint density at radius 1 is 1.04 bits per heavy atom. The summed E-state index contributed by atoms with van der Waals surface area (Å²) in [6, 6.07) is 17.8. The third-order valence-electron chi connectivity index (χ3n) is 8.32. The van der Waals surface area contributed by atoms with Crippen molar-refractivity contribution in [2.24, 2.45) is 5.92 Å². The van der Waals surface area contributed by atoms with Gasteiger partial charge in [0.1, 0.15) is 6.04 Å². The molecule has 0 aromatic heterocycles. The van der Waals surface area contributed by atoms with Crippen LogP contribution in [0.25, 0.3) is 10.8 Å². The maximum absolute atomic E-state index is 13.7. The fourth-order valence-corrected chi connectivity index (χ4v) is 7.94. The number of benzene rings is 3. The van der Waals surface area contributed by atoms with Gasteiger partial charge in [0.25, 0.3) is 0 Å². The average molecular weight is 718 g/mol. The predicted molar refractivity (Wildman–Crippen MR) is 190 cm³/mol. The van der Waals surface area contributed by atoms with E-state index in [2.05, 4.69) is 10.6 Å². The zero-order chi connectivity index (χ0) is 35.4. The zero-order valence-electron chi connectivity index (χ0n) is 28.0. The van der Waals surface area contributed by atoms with Crippen LogP contribution in [0.3, 0.4) is 0 Å². The van der Waals surface area contributed by atoms with E-state index in [4.69, 9.17) is 15.0 Å². The van der Waals surface area contributed by atoms with Crippen molar-refractivity contribution >= 4 is 46.7 Å². The molecule has 1 heterocycles. The number of nitrogens with one attached hydrogen (secondary N) is 2. The summed E-state index contributed by atoms with van der Waals surface area (Å²) in [5.74, 6) is -0.372. The molecule has 15 heteroatoms. The summed E-state index contributed by atoms with van der Waals surface area (Å²) in [5.41, 5.74) is 7.13. The van der Waals surface area contributed by atoms with Crippen molar-refractivity contribution in [2.75, 3.05) is 51.7 Å². The van der Waals surface area contributed by atoms with Crippen molar-refractivity contribution in [3.8, 4) is 0 Å². The molecule has 5 N–H and O–H groups in total. The molecule has 3 aromatic rings. The summed E-state index contributed by atoms with van der Waals surface area (Å²) in [4.78, 5) is 37.8. The van der Waals surface area contributed by atoms with Crippen molar-refractivity contribution in [3.05, 3.63) is 72.3 Å². The molecular weight excluding hydrogens is 669 g/mol.